The molecule has 128 valence electrons. The fourth-order valence-electron chi connectivity index (χ4n) is 3.17. The Morgan fingerprint density at radius 2 is 1.96 bits per heavy atom. The van der Waals surface area contributed by atoms with E-state index in [1.807, 2.05) is 0 Å². The predicted molar refractivity (Wildman–Crippen MR) is 99.9 cm³/mol. The van der Waals surface area contributed by atoms with Crippen LogP contribution in [0.1, 0.15) is 45.1 Å². The predicted octanol–water partition coefficient (Wildman–Crippen LogP) is 4.11. The second kappa shape index (κ2) is 7.80. The highest BCUT2D eigenvalue weighted by Crippen LogP contribution is 2.30. The molecule has 0 spiro atoms. The molecule has 0 aromatic heterocycles. The van der Waals surface area contributed by atoms with Gasteiger partial charge in [-0.25, -0.2) is 0 Å². The summed E-state index contributed by atoms with van der Waals surface area (Å²) in [5.41, 5.74) is 1.36. The van der Waals surface area contributed by atoms with Gasteiger partial charge in [-0.05, 0) is 42.5 Å². The first-order chi connectivity index (χ1) is 11.7. The molecule has 2 aromatic rings. The number of fused-ring (bicyclic) bond motifs is 1. The van der Waals surface area contributed by atoms with E-state index in [0.29, 0.717) is 12.5 Å². The highest BCUT2D eigenvalue weighted by atomic mass is 16.1. The molecule has 2 aromatic carbocycles. The monoisotopic (exact) mass is 324 g/mol. The summed E-state index contributed by atoms with van der Waals surface area (Å²) in [6.07, 6.45) is 4.09. The minimum Gasteiger partial charge on any atom is -0.354 e. The summed E-state index contributed by atoms with van der Waals surface area (Å²) >= 11 is 0. The molecule has 3 nitrogen and oxygen atoms in total. The van der Waals surface area contributed by atoms with Crippen molar-refractivity contribution in [2.24, 2.45) is 0 Å². The number of hydrogen-bond donors (Lipinski definition) is 1. The smallest absolute Gasteiger partial charge is 0.221 e. The quantitative estimate of drug-likeness (QED) is 0.792. The van der Waals surface area contributed by atoms with E-state index in [9.17, 15) is 4.79 Å². The third-order valence-corrected chi connectivity index (χ3v) is 4.96. The summed E-state index contributed by atoms with van der Waals surface area (Å²) in [7, 11) is 0. The molecule has 0 heterocycles. The van der Waals surface area contributed by atoms with Crippen LogP contribution >= 0.6 is 0 Å². The maximum absolute atomic E-state index is 12.1. The Hall–Kier alpha value is -1.87. The van der Waals surface area contributed by atoms with E-state index < -0.39 is 0 Å². The molecule has 1 N–H and O–H groups in total. The molecule has 1 fully saturated rings. The van der Waals surface area contributed by atoms with Crippen molar-refractivity contribution in [3.05, 3.63) is 48.0 Å². The van der Waals surface area contributed by atoms with Gasteiger partial charge in [0.05, 0.1) is 0 Å². The van der Waals surface area contributed by atoms with Crippen molar-refractivity contribution < 1.29 is 4.79 Å². The van der Waals surface area contributed by atoms with Crippen molar-refractivity contribution in [3.63, 3.8) is 0 Å². The Morgan fingerprint density at radius 1 is 1.21 bits per heavy atom. The molecule has 1 unspecified atom stereocenters. The van der Waals surface area contributed by atoms with Crippen LogP contribution in [0.2, 0.25) is 0 Å². The van der Waals surface area contributed by atoms with Crippen molar-refractivity contribution in [2.45, 2.75) is 58.2 Å². The number of nitrogens with one attached hydrogen (secondary N) is 1. The summed E-state index contributed by atoms with van der Waals surface area (Å²) in [6, 6.07) is 16.0. The molecular formula is C21H28N2O. The van der Waals surface area contributed by atoms with E-state index in [2.05, 4.69) is 66.5 Å². The first-order valence-corrected chi connectivity index (χ1v) is 9.17. The van der Waals surface area contributed by atoms with Gasteiger partial charge in [-0.15, -0.1) is 0 Å². The van der Waals surface area contributed by atoms with Gasteiger partial charge >= 0.3 is 0 Å². The summed E-state index contributed by atoms with van der Waals surface area (Å²) < 4.78 is 0. The highest BCUT2D eigenvalue weighted by molar-refractivity contribution is 5.85. The lowest BCUT2D eigenvalue weighted by Crippen LogP contribution is -2.35. The molecule has 1 saturated carbocycles. The summed E-state index contributed by atoms with van der Waals surface area (Å²) in [6.45, 7) is 5.94. The molecular weight excluding hydrogens is 296 g/mol. The fraction of sp³-hybridized carbons (Fsp3) is 0.476. The second-order valence-corrected chi connectivity index (χ2v) is 6.97. The highest BCUT2D eigenvalue weighted by Gasteiger charge is 2.29. The van der Waals surface area contributed by atoms with Crippen molar-refractivity contribution in [3.8, 4) is 0 Å². The van der Waals surface area contributed by atoms with E-state index in [-0.39, 0.29) is 11.9 Å². The maximum Gasteiger partial charge on any atom is 0.221 e. The lowest BCUT2D eigenvalue weighted by molar-refractivity contribution is -0.122. The molecule has 0 aliphatic heterocycles. The van der Waals surface area contributed by atoms with Crippen molar-refractivity contribution in [1.82, 2.24) is 10.2 Å². The molecule has 0 saturated heterocycles. The van der Waals surface area contributed by atoms with E-state index in [0.717, 1.165) is 19.5 Å². The molecule has 3 heteroatoms. The number of rotatable bonds is 8. The van der Waals surface area contributed by atoms with Crippen molar-refractivity contribution >= 4 is 16.7 Å². The topological polar surface area (TPSA) is 32.3 Å². The Bertz CT molecular complexity index is 688. The maximum atomic E-state index is 12.1. The zero-order chi connectivity index (χ0) is 16.9. The zero-order valence-electron chi connectivity index (χ0n) is 14.8. The summed E-state index contributed by atoms with van der Waals surface area (Å²) in [5.74, 6) is 0.174. The Kier molecular flexibility index (Phi) is 5.52. The molecule has 1 atom stereocenters. The van der Waals surface area contributed by atoms with Crippen LogP contribution in [0.25, 0.3) is 10.8 Å². The molecule has 1 aliphatic rings. The molecule has 1 amide bonds. The van der Waals surface area contributed by atoms with Crippen LogP contribution in [0.5, 0.6) is 0 Å². The van der Waals surface area contributed by atoms with Gasteiger partial charge in [0.1, 0.15) is 0 Å². The van der Waals surface area contributed by atoms with Crippen LogP contribution in [0.15, 0.2) is 42.5 Å². The molecule has 0 bridgehead atoms. The molecule has 3 rings (SSSR count). The van der Waals surface area contributed by atoms with Crippen LogP contribution in [-0.4, -0.2) is 29.4 Å². The van der Waals surface area contributed by atoms with Gasteiger partial charge in [0.2, 0.25) is 5.91 Å². The number of hydrogen-bond acceptors (Lipinski definition) is 2. The number of carbonyl (C=O) groups excluding carboxylic acids is 1. The first kappa shape index (κ1) is 17.0. The molecule has 24 heavy (non-hydrogen) atoms. The number of amides is 1. The van der Waals surface area contributed by atoms with Gasteiger partial charge in [0.15, 0.2) is 0 Å². The van der Waals surface area contributed by atoms with Gasteiger partial charge in [-0.2, -0.15) is 0 Å². The van der Waals surface area contributed by atoms with Crippen molar-refractivity contribution in [1.29, 1.82) is 0 Å². The summed E-state index contributed by atoms with van der Waals surface area (Å²) in [5, 5.41) is 5.69. The molecule has 1 aliphatic carbocycles. The molecule has 0 radical (unpaired) electrons. The van der Waals surface area contributed by atoms with Crippen molar-refractivity contribution in [2.75, 3.05) is 6.54 Å². The van der Waals surface area contributed by atoms with Crippen LogP contribution < -0.4 is 5.32 Å². The average Bonchev–Trinajstić information content (AvgIpc) is 3.43. The third kappa shape index (κ3) is 4.35. The Morgan fingerprint density at radius 3 is 2.71 bits per heavy atom. The minimum absolute atomic E-state index is 0.174. The van der Waals surface area contributed by atoms with Gasteiger partial charge < -0.3 is 5.32 Å². The second-order valence-electron chi connectivity index (χ2n) is 6.97. The Labute approximate surface area is 145 Å². The minimum atomic E-state index is 0.174. The normalized spacial score (nSPS) is 15.6. The standard InChI is InChI=1S/C21H28N2O/c1-3-16(2)22-21(24)13-14-23(19-11-12-19)15-18-9-6-8-17-7-4-5-10-20(17)18/h4-10,16,19H,3,11-15H2,1-2H3,(H,22,24). The average molecular weight is 324 g/mol. The Balaban J connectivity index is 1.65. The van der Waals surface area contributed by atoms with E-state index in [1.165, 1.54) is 29.2 Å². The zero-order valence-corrected chi connectivity index (χ0v) is 14.8. The summed E-state index contributed by atoms with van der Waals surface area (Å²) in [4.78, 5) is 14.6. The third-order valence-electron chi connectivity index (χ3n) is 4.96. The van der Waals surface area contributed by atoms with Gasteiger partial charge in [0, 0.05) is 31.6 Å². The lowest BCUT2D eigenvalue weighted by atomic mass is 10.0. The van der Waals surface area contributed by atoms with Crippen LogP contribution in [0.4, 0.5) is 0 Å². The lowest BCUT2D eigenvalue weighted by Gasteiger charge is -2.23. The van der Waals surface area contributed by atoms with E-state index in [1.54, 1.807) is 0 Å². The van der Waals surface area contributed by atoms with Crippen LogP contribution in [-0.2, 0) is 11.3 Å². The van der Waals surface area contributed by atoms with Crippen LogP contribution in [0.3, 0.4) is 0 Å². The van der Waals surface area contributed by atoms with Gasteiger partial charge in [-0.3, -0.25) is 9.69 Å². The van der Waals surface area contributed by atoms with E-state index in [4.69, 9.17) is 0 Å². The van der Waals surface area contributed by atoms with Crippen LogP contribution in [0, 0.1) is 0 Å². The van der Waals surface area contributed by atoms with Gasteiger partial charge in [-0.1, -0.05) is 49.4 Å². The largest absolute Gasteiger partial charge is 0.354 e. The number of nitrogens with zero attached hydrogens (tertiary/aromatic N) is 1. The fourth-order valence-corrected chi connectivity index (χ4v) is 3.17. The number of carbonyl (C=O) groups is 1. The first-order valence-electron chi connectivity index (χ1n) is 9.17. The van der Waals surface area contributed by atoms with Gasteiger partial charge in [0.25, 0.3) is 0 Å². The number of benzene rings is 2. The SMILES string of the molecule is CCC(C)NC(=O)CCN(Cc1cccc2ccccc12)C1CC1. The van der Waals surface area contributed by atoms with E-state index >= 15 is 0 Å².